The number of aliphatic hydroxyl groups excluding tert-OH is 1. The van der Waals surface area contributed by atoms with Gasteiger partial charge in [0.1, 0.15) is 54.4 Å². The van der Waals surface area contributed by atoms with E-state index in [0.29, 0.717) is 12.3 Å². The van der Waals surface area contributed by atoms with Crippen molar-refractivity contribution >= 4 is 88.9 Å². The molecule has 17 N–H and O–H groups in total. The van der Waals surface area contributed by atoms with Crippen molar-refractivity contribution in [1.82, 2.24) is 58.1 Å². The fraction of sp³-hybridized carbons (Fsp3) is 0.667. The number of aliphatic hydroxyl groups is 1. The van der Waals surface area contributed by atoms with Crippen molar-refractivity contribution in [3.63, 3.8) is 0 Å². The zero-order valence-electron chi connectivity index (χ0n) is 51.8. The van der Waals surface area contributed by atoms with Crippen LogP contribution in [0.15, 0.2) is 24.3 Å². The molecule has 498 valence electrons. The van der Waals surface area contributed by atoms with Crippen molar-refractivity contribution in [2.75, 3.05) is 19.6 Å². The van der Waals surface area contributed by atoms with E-state index in [2.05, 4.69) is 44.1 Å². The van der Waals surface area contributed by atoms with Crippen molar-refractivity contribution in [2.24, 2.45) is 41.2 Å². The normalized spacial score (nSPS) is 26.1. The number of carboxylic acids is 4. The Hall–Kier alpha value is -8.55. The zero-order chi connectivity index (χ0) is 67.7. The first kappa shape index (κ1) is 76.5. The van der Waals surface area contributed by atoms with Gasteiger partial charge in [-0.1, -0.05) is 73.1 Å². The smallest absolute Gasteiger partial charge is 0.335 e. The summed E-state index contributed by atoms with van der Waals surface area (Å²) >= 11 is 0. The van der Waals surface area contributed by atoms with Crippen LogP contribution in [-0.4, -0.2) is 205 Å². The molecule has 2 aliphatic heterocycles. The van der Waals surface area contributed by atoms with Gasteiger partial charge in [0.25, 0.3) is 0 Å². The molecule has 2 saturated heterocycles. The molecule has 32 nitrogen and oxygen atoms in total. The second kappa shape index (κ2) is 36.7. The Labute approximate surface area is 515 Å². The van der Waals surface area contributed by atoms with Crippen LogP contribution >= 0.6 is 0 Å². The Morgan fingerprint density at radius 3 is 1.81 bits per heavy atom. The van der Waals surface area contributed by atoms with Gasteiger partial charge in [-0.05, 0) is 89.5 Å². The topological polar surface area (TPSA) is 507 Å². The molecule has 15 atom stereocenters. The van der Waals surface area contributed by atoms with E-state index in [1.807, 2.05) is 29.0 Å². The highest BCUT2D eigenvalue weighted by molar-refractivity contribution is 6.02. The summed E-state index contributed by atoms with van der Waals surface area (Å²) in [4.78, 5) is 205. The molecule has 0 aromatic heterocycles. The third-order valence-corrected chi connectivity index (χ3v) is 15.2. The molecular formula is C57H90N12O20. The number of unbranched alkanes of at least 4 members (excludes halogenated alkanes) is 1. The van der Waals surface area contributed by atoms with E-state index >= 15 is 0 Å². The summed E-state index contributed by atoms with van der Waals surface area (Å²) in [6, 6.07) is -18.6. The number of hydrogen-bond donors (Lipinski definition) is 16. The molecule has 2 aliphatic rings. The number of aliphatic carboxylic acids is 4. The van der Waals surface area contributed by atoms with Gasteiger partial charge in [-0.15, -0.1) is 0 Å². The van der Waals surface area contributed by atoms with E-state index in [9.17, 15) is 97.5 Å². The predicted molar refractivity (Wildman–Crippen MR) is 314 cm³/mol. The Balaban J connectivity index is 2.96. The number of amides is 11. The molecule has 0 saturated carbocycles. The number of allylic oxidation sites excluding steroid dienone is 3. The zero-order valence-corrected chi connectivity index (χ0v) is 51.8. The summed E-state index contributed by atoms with van der Waals surface area (Å²) in [5.41, 5.74) is 5.69. The highest BCUT2D eigenvalue weighted by Crippen LogP contribution is 2.26. The van der Waals surface area contributed by atoms with Crippen LogP contribution in [-0.2, 0) is 71.9 Å². The number of carbonyl (C=O) groups is 15. The van der Waals surface area contributed by atoms with Gasteiger partial charge in [0.05, 0.1) is 30.8 Å². The first-order valence-electron chi connectivity index (χ1n) is 29.5. The molecule has 2 fully saturated rings. The lowest BCUT2D eigenvalue weighted by atomic mass is 9.97. The summed E-state index contributed by atoms with van der Waals surface area (Å²) in [5, 5.41) is 73.2. The largest absolute Gasteiger partial charge is 0.481 e. The lowest BCUT2D eigenvalue weighted by Gasteiger charge is -2.34. The fourth-order valence-corrected chi connectivity index (χ4v) is 9.41. The van der Waals surface area contributed by atoms with Gasteiger partial charge in [0.15, 0.2) is 6.10 Å². The third-order valence-electron chi connectivity index (χ3n) is 15.2. The maximum absolute atomic E-state index is 14.8. The van der Waals surface area contributed by atoms with Gasteiger partial charge in [-0.2, -0.15) is 0 Å². The number of nitrogens with one attached hydrogen (secondary N) is 10. The Kier molecular flexibility index (Phi) is 31.6. The van der Waals surface area contributed by atoms with Crippen molar-refractivity contribution < 1.29 is 97.5 Å². The maximum atomic E-state index is 14.8. The van der Waals surface area contributed by atoms with Crippen LogP contribution in [0.4, 0.5) is 0 Å². The minimum absolute atomic E-state index is 0.0276. The van der Waals surface area contributed by atoms with Crippen LogP contribution in [0.25, 0.3) is 0 Å². The average molecular weight is 1260 g/mol. The highest BCUT2D eigenvalue weighted by Gasteiger charge is 2.45. The summed E-state index contributed by atoms with van der Waals surface area (Å²) < 4.78 is 0. The minimum atomic E-state index is -2.84. The number of carboxylic acid groups (broad SMARTS) is 4. The van der Waals surface area contributed by atoms with Crippen LogP contribution in [0.3, 0.4) is 0 Å². The van der Waals surface area contributed by atoms with Crippen LogP contribution in [0.1, 0.15) is 121 Å². The SMILES string of the molecule is CC[C@H](C)CC/C=C\C=C\C(=O)N[C@H](C(=O)N[C@@H]1C(=O)N[C@H](C(C)C)C(=O)N[C@@H](CCCCN)C(=O)N[C@@H]([C@H](O)C(=O)O)C(=O)N[C@@H](CC(=O)O)C(=O)NCC(=O)N[C@H]([C@H](C)C(=O)O)C(=O)N[C@@H](C(C)C)C(=O)N2C[C@H](C)C[C@H]2C(=O)N[C@@H]1C)[C@@H](C)C(=O)O. The Morgan fingerprint density at radius 1 is 0.663 bits per heavy atom. The second-order valence-corrected chi connectivity index (χ2v) is 23.2. The van der Waals surface area contributed by atoms with Crippen molar-refractivity contribution in [2.45, 2.75) is 187 Å². The lowest BCUT2D eigenvalue weighted by molar-refractivity contribution is -0.153. The van der Waals surface area contributed by atoms with Crippen LogP contribution in [0, 0.1) is 35.5 Å². The number of carbonyl (C=O) groups excluding carboxylic acids is 11. The molecular weight excluding hydrogens is 1170 g/mol. The predicted octanol–water partition coefficient (Wildman–Crippen LogP) is -3.52. The first-order chi connectivity index (χ1) is 41.6. The van der Waals surface area contributed by atoms with Gasteiger partial charge in [-0.25, -0.2) is 4.79 Å². The summed E-state index contributed by atoms with van der Waals surface area (Å²) in [7, 11) is 0. The Bertz CT molecular complexity index is 2650. The molecule has 0 aromatic rings. The molecule has 32 heteroatoms. The van der Waals surface area contributed by atoms with Gasteiger partial charge in [0.2, 0.25) is 65.0 Å². The summed E-state index contributed by atoms with van der Waals surface area (Å²) in [6.45, 7) is 13.9. The first-order valence-corrected chi connectivity index (χ1v) is 29.5. The number of hydrogen-bond acceptors (Lipinski definition) is 17. The molecule has 2 rings (SSSR count). The second-order valence-electron chi connectivity index (χ2n) is 23.2. The van der Waals surface area contributed by atoms with E-state index in [1.165, 1.54) is 40.7 Å². The van der Waals surface area contributed by atoms with Crippen molar-refractivity contribution in [3.8, 4) is 0 Å². The Morgan fingerprint density at radius 2 is 1.25 bits per heavy atom. The number of fused-ring (bicyclic) bond motifs is 1. The lowest BCUT2D eigenvalue weighted by Crippen LogP contribution is -2.65. The molecule has 0 aliphatic carbocycles. The maximum Gasteiger partial charge on any atom is 0.335 e. The van der Waals surface area contributed by atoms with Crippen molar-refractivity contribution in [1.29, 1.82) is 0 Å². The third kappa shape index (κ3) is 24.2. The highest BCUT2D eigenvalue weighted by atomic mass is 16.4. The molecule has 0 spiro atoms. The van der Waals surface area contributed by atoms with E-state index in [0.717, 1.165) is 37.7 Å². The van der Waals surface area contributed by atoms with E-state index < -0.39 is 198 Å². The number of nitrogens with zero attached hydrogens (tertiary/aromatic N) is 1. The van der Waals surface area contributed by atoms with Crippen LogP contribution in [0.5, 0.6) is 0 Å². The average Bonchev–Trinajstić information content (AvgIpc) is 2.39. The van der Waals surface area contributed by atoms with Crippen molar-refractivity contribution in [3.05, 3.63) is 24.3 Å². The quantitative estimate of drug-likeness (QED) is 0.0268. The van der Waals surface area contributed by atoms with E-state index in [4.69, 9.17) is 5.73 Å². The van der Waals surface area contributed by atoms with E-state index in [-0.39, 0.29) is 38.8 Å². The molecule has 2 heterocycles. The van der Waals surface area contributed by atoms with Gasteiger partial charge < -0.3 is 89.3 Å². The molecule has 89 heavy (non-hydrogen) atoms. The van der Waals surface area contributed by atoms with Gasteiger partial charge >= 0.3 is 23.9 Å². The molecule has 0 unspecified atom stereocenters. The fourth-order valence-electron chi connectivity index (χ4n) is 9.41. The molecule has 11 amide bonds. The number of nitrogens with two attached hydrogens (primary N) is 1. The van der Waals surface area contributed by atoms with Crippen LogP contribution < -0.4 is 58.9 Å². The van der Waals surface area contributed by atoms with E-state index in [1.54, 1.807) is 13.0 Å². The van der Waals surface area contributed by atoms with Crippen LogP contribution in [0.2, 0.25) is 0 Å². The monoisotopic (exact) mass is 1260 g/mol. The molecule has 0 radical (unpaired) electrons. The van der Waals surface area contributed by atoms with Gasteiger partial charge in [-0.3, -0.25) is 67.1 Å². The van der Waals surface area contributed by atoms with Gasteiger partial charge in [0, 0.05) is 12.6 Å². The molecule has 0 aromatic carbocycles. The summed E-state index contributed by atoms with van der Waals surface area (Å²) in [6.07, 6.45) is 4.14. The summed E-state index contributed by atoms with van der Waals surface area (Å²) in [5.74, 6) is -25.6. The number of rotatable bonds is 23. The minimum Gasteiger partial charge on any atom is -0.481 e. The standard InChI is InChI=1S/C57H90N12O20/c1-11-28(6)18-14-12-13-15-20-36(70)63-41(30(8)55(84)85)51(80)67-43-32(10)60-48(77)35-22-29(7)25-69(35)54(83)40(27(4)5)66-50(79)42(31(9)56(86)87)64-37(71)24-59-46(75)34(23-38(72)73)62-53(82)44(45(74)57(88)89)68-47(76)33(19-16-17-21-58)61-49(78)39(26(2)3)65-52(43)81/h12-13,15,20,26-35,39-45,74H,11,14,16-19,21-25,58H2,1-10H3,(H,59,75)(H,60,77)(H,61,78)(H,62,82)(H,63,70)(H,64,71)(H,65,81)(H,66,79)(H,67,80)(H,68,76)(H,72,73)(H,84,85)(H,86,87)(H,88,89)/b13-12-,20-15+/t28-,29+,30+,31-,32+,33-,34-,35-,39+,40-,41-,42+,43-,44-,45-/m0/s1. The molecule has 0 bridgehead atoms.